The summed E-state index contributed by atoms with van der Waals surface area (Å²) in [6.45, 7) is 3.51. The van der Waals surface area contributed by atoms with Crippen LogP contribution >= 0.6 is 34.3 Å². The average Bonchev–Trinajstić information content (AvgIpc) is 3.43. The Morgan fingerprint density at radius 1 is 1.33 bits per heavy atom. The van der Waals surface area contributed by atoms with Gasteiger partial charge in [0.05, 0.1) is 20.6 Å². The number of aryl methyl sites for hydroxylation is 1. The Labute approximate surface area is 188 Å². The number of ketones is 2. The Kier molecular flexibility index (Phi) is 6.18. The first kappa shape index (κ1) is 21.0. The van der Waals surface area contributed by atoms with Gasteiger partial charge in [-0.2, -0.15) is 0 Å². The van der Waals surface area contributed by atoms with E-state index < -0.39 is 0 Å². The minimum atomic E-state index is -0.0669. The zero-order valence-electron chi connectivity index (χ0n) is 16.6. The molecule has 0 fully saturated rings. The van der Waals surface area contributed by atoms with E-state index in [0.29, 0.717) is 23.6 Å². The van der Waals surface area contributed by atoms with E-state index in [1.165, 1.54) is 11.3 Å². The predicted octanol–water partition coefficient (Wildman–Crippen LogP) is 6.40. The fourth-order valence-corrected chi connectivity index (χ4v) is 5.15. The molecule has 1 unspecified atom stereocenters. The number of ether oxygens (including phenoxy) is 1. The number of carbonyl (C=O) groups is 2. The second-order valence-electron chi connectivity index (χ2n) is 7.24. The molecule has 4 nitrogen and oxygen atoms in total. The van der Waals surface area contributed by atoms with Gasteiger partial charge in [-0.1, -0.05) is 11.6 Å². The standard InChI is InChI=1S/C23H20ClNO3S2/c1-13(26)21-7-8-22(30-21)15-9-16-10-19(28-23(16)20(24)11-15)6-5-18(27)4-3-17-12-29-14(2)25-17/h3-4,7-9,11-12,19H,5-6,10H2,1-2H3/b4-3+. The van der Waals surface area contributed by atoms with Crippen LogP contribution in [-0.4, -0.2) is 22.7 Å². The Balaban J connectivity index is 1.39. The normalized spacial score (nSPS) is 15.4. The van der Waals surface area contributed by atoms with Gasteiger partial charge in [0, 0.05) is 28.7 Å². The van der Waals surface area contributed by atoms with Gasteiger partial charge in [-0.05, 0) is 62.2 Å². The molecular weight excluding hydrogens is 438 g/mol. The summed E-state index contributed by atoms with van der Waals surface area (Å²) in [7, 11) is 0. The molecule has 1 aromatic carbocycles. The molecule has 3 heterocycles. The van der Waals surface area contributed by atoms with E-state index in [1.807, 2.05) is 30.5 Å². The molecule has 1 atom stereocenters. The molecule has 2 aromatic heterocycles. The number of Topliss-reactive ketones (excluding diaryl/α,β-unsaturated/α-hetero) is 1. The SMILES string of the molecule is CC(=O)c1ccc(-c2cc(Cl)c3c(c2)CC(CCC(=O)/C=C/c2csc(C)n2)O3)s1. The molecular formula is C23H20ClNO3S2. The highest BCUT2D eigenvalue weighted by Gasteiger charge is 2.26. The second kappa shape index (κ2) is 8.84. The van der Waals surface area contributed by atoms with E-state index >= 15 is 0 Å². The third kappa shape index (κ3) is 4.72. The van der Waals surface area contributed by atoms with Gasteiger partial charge in [0.15, 0.2) is 11.6 Å². The van der Waals surface area contributed by atoms with Gasteiger partial charge >= 0.3 is 0 Å². The quantitative estimate of drug-likeness (QED) is 0.304. The molecule has 0 spiro atoms. The minimum Gasteiger partial charge on any atom is -0.488 e. The number of fused-ring (bicyclic) bond motifs is 1. The molecule has 154 valence electrons. The van der Waals surface area contributed by atoms with Crippen molar-refractivity contribution in [2.75, 3.05) is 0 Å². The molecule has 30 heavy (non-hydrogen) atoms. The number of thiophene rings is 1. The van der Waals surface area contributed by atoms with Gasteiger partial charge in [-0.25, -0.2) is 4.98 Å². The lowest BCUT2D eigenvalue weighted by Gasteiger charge is -2.10. The Morgan fingerprint density at radius 3 is 2.87 bits per heavy atom. The number of halogens is 1. The number of rotatable bonds is 7. The monoisotopic (exact) mass is 457 g/mol. The maximum Gasteiger partial charge on any atom is 0.169 e. The summed E-state index contributed by atoms with van der Waals surface area (Å²) in [6.07, 6.45) is 5.04. The fraction of sp³-hybridized carbons (Fsp3) is 0.261. The smallest absolute Gasteiger partial charge is 0.169 e. The topological polar surface area (TPSA) is 56.3 Å². The van der Waals surface area contributed by atoms with Crippen LogP contribution in [0.25, 0.3) is 16.5 Å². The molecule has 0 aliphatic carbocycles. The third-order valence-electron chi connectivity index (χ3n) is 4.88. The third-order valence-corrected chi connectivity index (χ3v) is 7.19. The van der Waals surface area contributed by atoms with E-state index in [9.17, 15) is 9.59 Å². The molecule has 3 aromatic rings. The van der Waals surface area contributed by atoms with Crippen LogP contribution in [0.5, 0.6) is 5.75 Å². The van der Waals surface area contributed by atoms with Crippen molar-refractivity contribution in [1.29, 1.82) is 0 Å². The van der Waals surface area contributed by atoms with Crippen molar-refractivity contribution in [1.82, 2.24) is 4.98 Å². The highest BCUT2D eigenvalue weighted by atomic mass is 35.5. The summed E-state index contributed by atoms with van der Waals surface area (Å²) in [5, 5.41) is 3.48. The molecule has 0 saturated carbocycles. The van der Waals surface area contributed by atoms with E-state index in [4.69, 9.17) is 16.3 Å². The predicted molar refractivity (Wildman–Crippen MR) is 123 cm³/mol. The van der Waals surface area contributed by atoms with Gasteiger partial charge in [-0.15, -0.1) is 22.7 Å². The number of hydrogen-bond donors (Lipinski definition) is 0. The first-order valence-electron chi connectivity index (χ1n) is 9.62. The van der Waals surface area contributed by atoms with Crippen LogP contribution in [-0.2, 0) is 11.2 Å². The summed E-state index contributed by atoms with van der Waals surface area (Å²) >= 11 is 9.50. The molecule has 0 radical (unpaired) electrons. The van der Waals surface area contributed by atoms with Gasteiger partial charge in [0.25, 0.3) is 0 Å². The molecule has 4 rings (SSSR count). The lowest BCUT2D eigenvalue weighted by molar-refractivity contribution is -0.115. The Hall–Kier alpha value is -2.28. The van der Waals surface area contributed by atoms with Crippen molar-refractivity contribution in [3.05, 3.63) is 61.9 Å². The summed E-state index contributed by atoms with van der Waals surface area (Å²) < 4.78 is 6.02. The summed E-state index contributed by atoms with van der Waals surface area (Å²) in [4.78, 5) is 29.8. The summed E-state index contributed by atoms with van der Waals surface area (Å²) in [5.74, 6) is 0.822. The largest absolute Gasteiger partial charge is 0.488 e. The maximum absolute atomic E-state index is 12.2. The highest BCUT2D eigenvalue weighted by Crippen LogP contribution is 2.41. The maximum atomic E-state index is 12.2. The number of nitrogens with zero attached hydrogens (tertiary/aromatic N) is 1. The molecule has 0 saturated heterocycles. The van der Waals surface area contributed by atoms with Gasteiger partial charge < -0.3 is 4.74 Å². The van der Waals surface area contributed by atoms with E-state index in [0.717, 1.165) is 38.0 Å². The van der Waals surface area contributed by atoms with Crippen molar-refractivity contribution in [3.8, 4) is 16.2 Å². The Bertz CT molecular complexity index is 1150. The number of thiazole rings is 1. The Morgan fingerprint density at radius 2 is 2.17 bits per heavy atom. The molecule has 1 aliphatic heterocycles. The average molecular weight is 458 g/mol. The zero-order chi connectivity index (χ0) is 21.3. The van der Waals surface area contributed by atoms with Crippen LogP contribution in [0.4, 0.5) is 0 Å². The molecule has 1 aliphatic rings. The zero-order valence-corrected chi connectivity index (χ0v) is 19.0. The van der Waals surface area contributed by atoms with Gasteiger partial charge in [-0.3, -0.25) is 9.59 Å². The van der Waals surface area contributed by atoms with Crippen molar-refractivity contribution in [2.24, 2.45) is 0 Å². The van der Waals surface area contributed by atoms with Crippen LogP contribution in [0.2, 0.25) is 5.02 Å². The lowest BCUT2D eigenvalue weighted by Crippen LogP contribution is -2.14. The van der Waals surface area contributed by atoms with Crippen LogP contribution in [0, 0.1) is 6.92 Å². The van der Waals surface area contributed by atoms with Crippen LogP contribution < -0.4 is 4.74 Å². The van der Waals surface area contributed by atoms with Crippen molar-refractivity contribution in [3.63, 3.8) is 0 Å². The van der Waals surface area contributed by atoms with E-state index in [-0.39, 0.29) is 17.7 Å². The number of carbonyl (C=O) groups excluding carboxylic acids is 2. The van der Waals surface area contributed by atoms with Crippen LogP contribution in [0.3, 0.4) is 0 Å². The molecule has 0 amide bonds. The van der Waals surface area contributed by atoms with E-state index in [1.54, 1.807) is 30.4 Å². The molecule has 0 N–H and O–H groups in total. The number of aromatic nitrogens is 1. The van der Waals surface area contributed by atoms with Gasteiger partial charge in [0.1, 0.15) is 11.9 Å². The van der Waals surface area contributed by atoms with Gasteiger partial charge in [0.2, 0.25) is 0 Å². The molecule has 7 heteroatoms. The number of hydrogen-bond acceptors (Lipinski definition) is 6. The lowest BCUT2D eigenvalue weighted by atomic mass is 10.0. The van der Waals surface area contributed by atoms with Crippen molar-refractivity contribution < 1.29 is 14.3 Å². The first-order valence-corrected chi connectivity index (χ1v) is 11.7. The highest BCUT2D eigenvalue weighted by molar-refractivity contribution is 7.17. The summed E-state index contributed by atoms with van der Waals surface area (Å²) in [5.41, 5.74) is 2.84. The van der Waals surface area contributed by atoms with Crippen molar-refractivity contribution in [2.45, 2.75) is 39.2 Å². The summed E-state index contributed by atoms with van der Waals surface area (Å²) in [6, 6.07) is 7.74. The number of allylic oxidation sites excluding steroid dienone is 1. The van der Waals surface area contributed by atoms with Crippen LogP contribution in [0.1, 0.15) is 45.7 Å². The second-order valence-corrected chi connectivity index (χ2v) is 9.79. The minimum absolute atomic E-state index is 0.0577. The van der Waals surface area contributed by atoms with Crippen molar-refractivity contribution >= 4 is 51.9 Å². The fourth-order valence-electron chi connectivity index (χ4n) is 3.39. The molecule has 0 bridgehead atoms. The van der Waals surface area contributed by atoms with Crippen LogP contribution in [0.15, 0.2) is 35.7 Å². The number of benzene rings is 1. The first-order chi connectivity index (χ1) is 14.4. The van der Waals surface area contributed by atoms with E-state index in [2.05, 4.69) is 11.1 Å².